The molecular weight excluding hydrogens is 364 g/mol. The monoisotopic (exact) mass is 388 g/mol. The molecule has 10 heteroatoms. The number of hydrogen-bond donors (Lipinski definition) is 2. The Bertz CT molecular complexity index is 799. The lowest BCUT2D eigenvalue weighted by atomic mass is 10.2. The summed E-state index contributed by atoms with van der Waals surface area (Å²) in [4.78, 5) is 31.6. The first-order valence-electron chi connectivity index (χ1n) is 9.00. The largest absolute Gasteiger partial charge is 0.497 e. The Morgan fingerprint density at radius 1 is 1.14 bits per heavy atom. The number of nitrogens with zero attached hydrogens (tertiary/aromatic N) is 4. The molecule has 0 atom stereocenters. The van der Waals surface area contributed by atoms with E-state index in [4.69, 9.17) is 9.26 Å². The van der Waals surface area contributed by atoms with Crippen LogP contribution in [0.15, 0.2) is 28.8 Å². The number of carbonyl (C=O) groups is 2. The lowest BCUT2D eigenvalue weighted by Gasteiger charge is -2.33. The summed E-state index contributed by atoms with van der Waals surface area (Å²) in [6.45, 7) is 3.74. The molecule has 3 amide bonds. The number of imide groups is 1. The molecular formula is C18H24N6O4. The van der Waals surface area contributed by atoms with E-state index < -0.39 is 6.03 Å². The molecule has 0 spiro atoms. The molecule has 1 aliphatic heterocycles. The Labute approximate surface area is 162 Å². The van der Waals surface area contributed by atoms with Crippen molar-refractivity contribution in [3.8, 4) is 17.1 Å². The van der Waals surface area contributed by atoms with Crippen LogP contribution in [-0.4, -0.2) is 78.8 Å². The summed E-state index contributed by atoms with van der Waals surface area (Å²) in [5.74, 6) is 1.56. The van der Waals surface area contributed by atoms with E-state index in [1.165, 1.54) is 7.05 Å². The van der Waals surface area contributed by atoms with Gasteiger partial charge < -0.3 is 14.6 Å². The second-order valence-electron chi connectivity index (χ2n) is 6.42. The van der Waals surface area contributed by atoms with Gasteiger partial charge in [0.2, 0.25) is 17.6 Å². The van der Waals surface area contributed by atoms with Gasteiger partial charge in [0.25, 0.3) is 0 Å². The van der Waals surface area contributed by atoms with Gasteiger partial charge in [0.15, 0.2) is 0 Å². The Hall–Kier alpha value is -2.98. The van der Waals surface area contributed by atoms with Crippen LogP contribution in [0.2, 0.25) is 0 Å². The molecule has 0 aliphatic carbocycles. The molecule has 2 aromatic rings. The molecule has 1 aromatic heterocycles. The van der Waals surface area contributed by atoms with Crippen molar-refractivity contribution in [2.75, 3.05) is 46.9 Å². The van der Waals surface area contributed by atoms with Crippen LogP contribution in [0.4, 0.5) is 4.79 Å². The Morgan fingerprint density at radius 2 is 1.82 bits per heavy atom. The molecule has 1 saturated heterocycles. The summed E-state index contributed by atoms with van der Waals surface area (Å²) in [5.41, 5.74) is 0.864. The zero-order valence-electron chi connectivity index (χ0n) is 16.0. The van der Waals surface area contributed by atoms with E-state index in [0.717, 1.165) is 37.5 Å². The first-order valence-corrected chi connectivity index (χ1v) is 9.00. The van der Waals surface area contributed by atoms with Crippen molar-refractivity contribution in [3.05, 3.63) is 30.2 Å². The van der Waals surface area contributed by atoms with Crippen molar-refractivity contribution >= 4 is 11.9 Å². The van der Waals surface area contributed by atoms with E-state index in [-0.39, 0.29) is 12.5 Å². The maximum atomic E-state index is 11.8. The summed E-state index contributed by atoms with van der Waals surface area (Å²) < 4.78 is 10.5. The molecule has 10 nitrogen and oxygen atoms in total. The van der Waals surface area contributed by atoms with Crippen molar-refractivity contribution in [1.29, 1.82) is 0 Å². The average Bonchev–Trinajstić information content (AvgIpc) is 3.18. The van der Waals surface area contributed by atoms with Crippen LogP contribution in [0.3, 0.4) is 0 Å². The van der Waals surface area contributed by atoms with E-state index in [1.54, 1.807) is 7.11 Å². The highest BCUT2D eigenvalue weighted by Gasteiger charge is 2.21. The van der Waals surface area contributed by atoms with Gasteiger partial charge in [0.1, 0.15) is 5.75 Å². The summed E-state index contributed by atoms with van der Waals surface area (Å²) in [6.07, 6.45) is 0. The third-order valence-corrected chi connectivity index (χ3v) is 4.49. The third kappa shape index (κ3) is 5.27. The molecule has 0 saturated carbocycles. The molecule has 28 heavy (non-hydrogen) atoms. The highest BCUT2D eigenvalue weighted by atomic mass is 16.5. The van der Waals surface area contributed by atoms with Crippen LogP contribution < -0.4 is 15.4 Å². The molecule has 1 aliphatic rings. The van der Waals surface area contributed by atoms with E-state index in [1.807, 2.05) is 29.2 Å². The number of rotatable bonds is 6. The normalized spacial score (nSPS) is 15.2. The fraction of sp³-hybridized carbons (Fsp3) is 0.444. The van der Waals surface area contributed by atoms with E-state index in [0.29, 0.717) is 18.3 Å². The first kappa shape index (κ1) is 19.8. The van der Waals surface area contributed by atoms with Crippen molar-refractivity contribution in [1.82, 2.24) is 30.6 Å². The van der Waals surface area contributed by atoms with Gasteiger partial charge in [-0.25, -0.2) is 4.79 Å². The number of aromatic nitrogens is 2. The van der Waals surface area contributed by atoms with Crippen LogP contribution in [0, 0.1) is 0 Å². The molecule has 0 bridgehead atoms. The number of amides is 3. The van der Waals surface area contributed by atoms with Gasteiger partial charge in [0, 0.05) is 38.8 Å². The predicted octanol–water partition coefficient (Wildman–Crippen LogP) is 0.318. The first-order chi connectivity index (χ1) is 13.6. The topological polar surface area (TPSA) is 113 Å². The number of carbonyl (C=O) groups excluding carboxylic acids is 2. The zero-order chi connectivity index (χ0) is 19.9. The molecule has 1 aromatic carbocycles. The maximum Gasteiger partial charge on any atom is 0.321 e. The molecule has 3 rings (SSSR count). The quantitative estimate of drug-likeness (QED) is 0.727. The number of ether oxygens (including phenoxy) is 1. The van der Waals surface area contributed by atoms with Gasteiger partial charge in [-0.2, -0.15) is 4.98 Å². The molecule has 2 heterocycles. The van der Waals surface area contributed by atoms with Gasteiger partial charge in [-0.15, -0.1) is 0 Å². The standard InChI is InChI=1S/C18H24N6O4/c1-19-18(26)20-15(25)11-23-7-9-24(10-8-23)12-16-21-17(22-28-16)13-3-5-14(27-2)6-4-13/h3-6H,7-12H2,1-2H3,(H2,19,20,25,26). The minimum atomic E-state index is -0.493. The molecule has 0 unspecified atom stereocenters. The van der Waals surface area contributed by atoms with Crippen molar-refractivity contribution in [2.45, 2.75) is 6.54 Å². The Morgan fingerprint density at radius 3 is 2.46 bits per heavy atom. The van der Waals surface area contributed by atoms with Gasteiger partial charge in [0.05, 0.1) is 20.2 Å². The number of urea groups is 1. The van der Waals surface area contributed by atoms with Crippen LogP contribution in [0.1, 0.15) is 5.89 Å². The van der Waals surface area contributed by atoms with E-state index >= 15 is 0 Å². The number of hydrogen-bond acceptors (Lipinski definition) is 8. The fourth-order valence-corrected chi connectivity index (χ4v) is 2.90. The smallest absolute Gasteiger partial charge is 0.321 e. The zero-order valence-corrected chi connectivity index (χ0v) is 16.0. The highest BCUT2D eigenvalue weighted by molar-refractivity contribution is 5.95. The predicted molar refractivity (Wildman–Crippen MR) is 101 cm³/mol. The van der Waals surface area contributed by atoms with Crippen LogP contribution in [-0.2, 0) is 11.3 Å². The lowest BCUT2D eigenvalue weighted by molar-refractivity contribution is -0.121. The summed E-state index contributed by atoms with van der Waals surface area (Å²) in [7, 11) is 3.09. The van der Waals surface area contributed by atoms with Gasteiger partial charge in [-0.1, -0.05) is 5.16 Å². The summed E-state index contributed by atoms with van der Waals surface area (Å²) in [5, 5.41) is 8.67. The highest BCUT2D eigenvalue weighted by Crippen LogP contribution is 2.20. The second-order valence-corrected chi connectivity index (χ2v) is 6.42. The maximum absolute atomic E-state index is 11.8. The average molecular weight is 388 g/mol. The Kier molecular flexibility index (Phi) is 6.56. The number of nitrogens with one attached hydrogen (secondary N) is 2. The lowest BCUT2D eigenvalue weighted by Crippen LogP contribution is -2.50. The molecule has 0 radical (unpaired) electrons. The number of benzene rings is 1. The van der Waals surface area contributed by atoms with Gasteiger partial charge >= 0.3 is 6.03 Å². The van der Waals surface area contributed by atoms with Crippen LogP contribution >= 0.6 is 0 Å². The van der Waals surface area contributed by atoms with E-state index in [9.17, 15) is 9.59 Å². The SMILES string of the molecule is CNC(=O)NC(=O)CN1CCN(Cc2nc(-c3ccc(OC)cc3)no2)CC1. The van der Waals surface area contributed by atoms with Crippen LogP contribution in [0.5, 0.6) is 5.75 Å². The molecule has 2 N–H and O–H groups in total. The minimum absolute atomic E-state index is 0.198. The second kappa shape index (κ2) is 9.29. The molecule has 150 valence electrons. The van der Waals surface area contributed by atoms with Gasteiger partial charge in [-0.05, 0) is 24.3 Å². The van der Waals surface area contributed by atoms with E-state index in [2.05, 4.69) is 25.7 Å². The van der Waals surface area contributed by atoms with Gasteiger partial charge in [-0.3, -0.25) is 19.9 Å². The number of piperazine rings is 1. The Balaban J connectivity index is 1.46. The molecule has 1 fully saturated rings. The summed E-state index contributed by atoms with van der Waals surface area (Å²) >= 11 is 0. The minimum Gasteiger partial charge on any atom is -0.497 e. The fourth-order valence-electron chi connectivity index (χ4n) is 2.90. The van der Waals surface area contributed by atoms with Crippen molar-refractivity contribution in [2.24, 2.45) is 0 Å². The summed E-state index contributed by atoms with van der Waals surface area (Å²) in [6, 6.07) is 6.98. The number of methoxy groups -OCH3 is 1. The van der Waals surface area contributed by atoms with Crippen molar-refractivity contribution < 1.29 is 18.8 Å². The van der Waals surface area contributed by atoms with Crippen molar-refractivity contribution in [3.63, 3.8) is 0 Å². The van der Waals surface area contributed by atoms with Crippen LogP contribution in [0.25, 0.3) is 11.4 Å². The third-order valence-electron chi connectivity index (χ3n) is 4.49.